The molecule has 5 heteroatoms. The van der Waals surface area contributed by atoms with Crippen LogP contribution in [0.4, 0.5) is 10.6 Å². The number of anilines is 1. The zero-order chi connectivity index (χ0) is 8.55. The van der Waals surface area contributed by atoms with Crippen LogP contribution in [0.25, 0.3) is 0 Å². The van der Waals surface area contributed by atoms with Gasteiger partial charge in [-0.25, -0.2) is 4.79 Å². The molecule has 0 saturated heterocycles. The molecule has 1 aliphatic heterocycles. The highest BCUT2D eigenvalue weighted by Gasteiger charge is 2.23. The maximum absolute atomic E-state index is 10.7. The van der Waals surface area contributed by atoms with Crippen LogP contribution >= 0.6 is 0 Å². The standard InChI is InChI=1S/C7H9N3O2/c11-7(12)10-3-1-2-5-4-8-9-6(5)10/h4H,1-3H2,(H,8,9)(H,11,12). The summed E-state index contributed by atoms with van der Waals surface area (Å²) in [4.78, 5) is 12.0. The Morgan fingerprint density at radius 3 is 3.33 bits per heavy atom. The Kier molecular flexibility index (Phi) is 1.49. The smallest absolute Gasteiger partial charge is 0.413 e. The second kappa shape index (κ2) is 2.51. The number of carboxylic acid groups (broad SMARTS) is 1. The lowest BCUT2D eigenvalue weighted by molar-refractivity contribution is 0.201. The van der Waals surface area contributed by atoms with Gasteiger partial charge in [0, 0.05) is 12.1 Å². The summed E-state index contributed by atoms with van der Waals surface area (Å²) in [6, 6.07) is 0. The van der Waals surface area contributed by atoms with Gasteiger partial charge in [-0.05, 0) is 12.8 Å². The second-order valence-corrected chi connectivity index (χ2v) is 2.78. The lowest BCUT2D eigenvalue weighted by atomic mass is 10.1. The molecule has 2 heterocycles. The number of aryl methyl sites for hydroxylation is 1. The molecule has 0 radical (unpaired) electrons. The Morgan fingerprint density at radius 2 is 2.58 bits per heavy atom. The highest BCUT2D eigenvalue weighted by atomic mass is 16.4. The first kappa shape index (κ1) is 7.15. The Hall–Kier alpha value is -1.52. The maximum Gasteiger partial charge on any atom is 0.413 e. The van der Waals surface area contributed by atoms with Gasteiger partial charge in [0.05, 0.1) is 6.20 Å². The van der Waals surface area contributed by atoms with Crippen molar-refractivity contribution in [2.45, 2.75) is 12.8 Å². The zero-order valence-electron chi connectivity index (χ0n) is 6.45. The number of rotatable bonds is 0. The molecule has 1 aliphatic rings. The van der Waals surface area contributed by atoms with Crippen molar-refractivity contribution in [3.63, 3.8) is 0 Å². The lowest BCUT2D eigenvalue weighted by Gasteiger charge is -2.22. The molecular formula is C7H9N3O2. The van der Waals surface area contributed by atoms with E-state index in [2.05, 4.69) is 10.2 Å². The molecule has 0 aromatic carbocycles. The topological polar surface area (TPSA) is 69.2 Å². The predicted octanol–water partition coefficient (Wildman–Crippen LogP) is 0.840. The van der Waals surface area contributed by atoms with Crippen molar-refractivity contribution in [3.8, 4) is 0 Å². The van der Waals surface area contributed by atoms with Crippen molar-refractivity contribution < 1.29 is 9.90 Å². The van der Waals surface area contributed by atoms with Crippen molar-refractivity contribution in [2.24, 2.45) is 0 Å². The average molecular weight is 167 g/mol. The third-order valence-corrected chi connectivity index (χ3v) is 2.02. The number of hydrogen-bond acceptors (Lipinski definition) is 2. The molecule has 0 unspecified atom stereocenters. The lowest BCUT2D eigenvalue weighted by Crippen LogP contribution is -2.34. The SMILES string of the molecule is O=C(O)N1CCCc2cn[nH]c21. The van der Waals surface area contributed by atoms with Crippen LogP contribution in [0.3, 0.4) is 0 Å². The summed E-state index contributed by atoms with van der Waals surface area (Å²) in [6.07, 6.45) is 2.55. The Balaban J connectivity index is 2.37. The van der Waals surface area contributed by atoms with Gasteiger partial charge in [-0.3, -0.25) is 10.00 Å². The molecule has 0 spiro atoms. The van der Waals surface area contributed by atoms with Crippen LogP contribution in [0.15, 0.2) is 6.20 Å². The van der Waals surface area contributed by atoms with E-state index in [9.17, 15) is 4.79 Å². The summed E-state index contributed by atoms with van der Waals surface area (Å²) in [5.74, 6) is 0.633. The number of carbonyl (C=O) groups is 1. The molecule has 0 aliphatic carbocycles. The first-order valence-corrected chi connectivity index (χ1v) is 3.82. The van der Waals surface area contributed by atoms with Gasteiger partial charge < -0.3 is 5.11 Å². The molecular weight excluding hydrogens is 158 g/mol. The minimum atomic E-state index is -0.916. The first-order chi connectivity index (χ1) is 5.79. The summed E-state index contributed by atoms with van der Waals surface area (Å²) >= 11 is 0. The van der Waals surface area contributed by atoms with E-state index in [0.29, 0.717) is 12.4 Å². The van der Waals surface area contributed by atoms with E-state index >= 15 is 0 Å². The molecule has 1 aromatic rings. The van der Waals surface area contributed by atoms with E-state index in [1.807, 2.05) is 0 Å². The van der Waals surface area contributed by atoms with Gasteiger partial charge in [-0.15, -0.1) is 0 Å². The van der Waals surface area contributed by atoms with Crippen LogP contribution in [0.2, 0.25) is 0 Å². The van der Waals surface area contributed by atoms with Crippen LogP contribution in [0.1, 0.15) is 12.0 Å². The summed E-state index contributed by atoms with van der Waals surface area (Å²) < 4.78 is 0. The number of H-pyrrole nitrogens is 1. The fourth-order valence-corrected chi connectivity index (χ4v) is 1.45. The Labute approximate surface area is 69.0 Å². The molecule has 0 saturated carbocycles. The van der Waals surface area contributed by atoms with Crippen molar-refractivity contribution in [2.75, 3.05) is 11.4 Å². The van der Waals surface area contributed by atoms with Gasteiger partial charge in [-0.1, -0.05) is 0 Å². The van der Waals surface area contributed by atoms with Crippen molar-refractivity contribution >= 4 is 11.9 Å². The van der Waals surface area contributed by atoms with Gasteiger partial charge >= 0.3 is 6.09 Å². The fraction of sp³-hybridized carbons (Fsp3) is 0.429. The fourth-order valence-electron chi connectivity index (χ4n) is 1.45. The highest BCUT2D eigenvalue weighted by molar-refractivity contribution is 5.86. The number of amides is 1. The molecule has 0 bridgehead atoms. The number of nitrogens with one attached hydrogen (secondary N) is 1. The van der Waals surface area contributed by atoms with Crippen LogP contribution in [-0.4, -0.2) is 27.9 Å². The van der Waals surface area contributed by atoms with Crippen LogP contribution in [0.5, 0.6) is 0 Å². The highest BCUT2D eigenvalue weighted by Crippen LogP contribution is 2.23. The van der Waals surface area contributed by atoms with E-state index in [1.54, 1.807) is 6.20 Å². The molecule has 0 fully saturated rings. The quantitative estimate of drug-likeness (QED) is 0.601. The monoisotopic (exact) mass is 167 g/mol. The summed E-state index contributed by atoms with van der Waals surface area (Å²) in [6.45, 7) is 0.560. The van der Waals surface area contributed by atoms with Gasteiger partial charge in [0.1, 0.15) is 5.82 Å². The largest absolute Gasteiger partial charge is 0.465 e. The number of hydrogen-bond donors (Lipinski definition) is 2. The molecule has 0 atom stereocenters. The molecule has 2 N–H and O–H groups in total. The van der Waals surface area contributed by atoms with Crippen molar-refractivity contribution in [1.82, 2.24) is 10.2 Å². The molecule has 1 aromatic heterocycles. The number of nitrogens with zero attached hydrogens (tertiary/aromatic N) is 2. The van der Waals surface area contributed by atoms with Gasteiger partial charge in [0.2, 0.25) is 0 Å². The molecule has 1 amide bonds. The van der Waals surface area contributed by atoms with Crippen LogP contribution in [0, 0.1) is 0 Å². The van der Waals surface area contributed by atoms with E-state index in [4.69, 9.17) is 5.11 Å². The third-order valence-electron chi connectivity index (χ3n) is 2.02. The van der Waals surface area contributed by atoms with Crippen LogP contribution in [-0.2, 0) is 6.42 Å². The number of fused-ring (bicyclic) bond motifs is 1. The van der Waals surface area contributed by atoms with Crippen LogP contribution < -0.4 is 4.90 Å². The van der Waals surface area contributed by atoms with E-state index in [1.165, 1.54) is 4.90 Å². The number of aromatic nitrogens is 2. The van der Waals surface area contributed by atoms with Gasteiger partial charge in [-0.2, -0.15) is 5.10 Å². The minimum Gasteiger partial charge on any atom is -0.465 e. The predicted molar refractivity (Wildman–Crippen MR) is 42.3 cm³/mol. The molecule has 5 nitrogen and oxygen atoms in total. The molecule has 2 rings (SSSR count). The molecule has 12 heavy (non-hydrogen) atoms. The van der Waals surface area contributed by atoms with Crippen molar-refractivity contribution in [1.29, 1.82) is 0 Å². The minimum absolute atomic E-state index is 0.560. The first-order valence-electron chi connectivity index (χ1n) is 3.82. The van der Waals surface area contributed by atoms with Crippen molar-refractivity contribution in [3.05, 3.63) is 11.8 Å². The zero-order valence-corrected chi connectivity index (χ0v) is 6.45. The third kappa shape index (κ3) is 0.939. The summed E-state index contributed by atoms with van der Waals surface area (Å²) in [5.41, 5.74) is 0.989. The molecule has 64 valence electrons. The van der Waals surface area contributed by atoms with Gasteiger partial charge in [0.25, 0.3) is 0 Å². The van der Waals surface area contributed by atoms with E-state index in [-0.39, 0.29) is 0 Å². The Bertz CT molecular complexity index is 307. The normalized spacial score (nSPS) is 15.8. The summed E-state index contributed by atoms with van der Waals surface area (Å²) in [7, 11) is 0. The maximum atomic E-state index is 10.7. The van der Waals surface area contributed by atoms with E-state index in [0.717, 1.165) is 18.4 Å². The Morgan fingerprint density at radius 1 is 1.75 bits per heavy atom. The summed E-state index contributed by atoms with van der Waals surface area (Å²) in [5, 5.41) is 15.3. The average Bonchev–Trinajstić information content (AvgIpc) is 2.49. The number of aromatic amines is 1. The second-order valence-electron chi connectivity index (χ2n) is 2.78. The van der Waals surface area contributed by atoms with Gasteiger partial charge in [0.15, 0.2) is 0 Å². The van der Waals surface area contributed by atoms with E-state index < -0.39 is 6.09 Å².